The quantitative estimate of drug-likeness (QED) is 0.364. The first-order chi connectivity index (χ1) is 12.3. The number of aliphatic carboxylic acids is 1. The molecule has 3 aliphatic rings. The first-order valence-corrected chi connectivity index (χ1v) is 9.92. The summed E-state index contributed by atoms with van der Waals surface area (Å²) >= 11 is 1.48. The fourth-order valence-corrected chi connectivity index (χ4v) is 5.84. The molecule has 146 valence electrons. The van der Waals surface area contributed by atoms with Crippen molar-refractivity contribution in [3.05, 3.63) is 10.6 Å². The van der Waals surface area contributed by atoms with E-state index >= 15 is 0 Å². The summed E-state index contributed by atoms with van der Waals surface area (Å²) in [5.74, 6) is -2.09. The van der Waals surface area contributed by atoms with Crippen LogP contribution < -0.4 is 11.1 Å². The van der Waals surface area contributed by atoms with Crippen molar-refractivity contribution in [2.24, 2.45) is 17.6 Å². The van der Waals surface area contributed by atoms with Crippen molar-refractivity contribution in [2.75, 3.05) is 13.1 Å². The Morgan fingerprint density at radius 2 is 2.15 bits per heavy atom. The van der Waals surface area contributed by atoms with Crippen LogP contribution in [0.3, 0.4) is 0 Å². The number of aliphatic hydroxyl groups excluding tert-OH is 2. The third-order valence-electron chi connectivity index (χ3n) is 5.66. The van der Waals surface area contributed by atoms with Crippen molar-refractivity contribution < 1.29 is 24.9 Å². The average molecular weight is 385 g/mol. The number of β-lactam (4-membered cyclic amide) rings is 1. The number of thioether (sulfide) groups is 1. The van der Waals surface area contributed by atoms with Crippen LogP contribution in [-0.4, -0.2) is 74.7 Å². The van der Waals surface area contributed by atoms with E-state index in [0.717, 1.165) is 0 Å². The van der Waals surface area contributed by atoms with Gasteiger partial charge in [0.15, 0.2) is 0 Å². The average Bonchev–Trinajstić information content (AvgIpc) is 3.11. The molecule has 8 nitrogen and oxygen atoms in total. The van der Waals surface area contributed by atoms with Crippen LogP contribution >= 0.6 is 11.8 Å². The summed E-state index contributed by atoms with van der Waals surface area (Å²) in [5.41, 5.74) is 5.55. The summed E-state index contributed by atoms with van der Waals surface area (Å²) in [4.78, 5) is 26.2. The minimum Gasteiger partial charge on any atom is -0.477 e. The predicted molar refractivity (Wildman–Crippen MR) is 97.1 cm³/mol. The van der Waals surface area contributed by atoms with E-state index in [0.29, 0.717) is 30.8 Å². The number of nitrogens with two attached hydrogens (primary N) is 1. The highest BCUT2D eigenvalue weighted by molar-refractivity contribution is 8.03. The molecule has 0 aromatic carbocycles. The Bertz CT molecular complexity index is 626. The standard InChI is InChI=1S/C17H27N3O5S/c1-7-13-12(8(2)21)16(23)20(13)14(17(24)25)15(7)26-9-5-10(19-6-9)11(22)3-4-18/h7-13,19,21-22H,3-6,18H2,1-2H3,(H,24,25)/t7-,8-,9+,10+,11+,12-,13-/m1/s1. The second-order valence-corrected chi connectivity index (χ2v) is 8.75. The topological polar surface area (TPSA) is 136 Å². The summed E-state index contributed by atoms with van der Waals surface area (Å²) < 4.78 is 0. The van der Waals surface area contributed by atoms with Crippen molar-refractivity contribution in [3.63, 3.8) is 0 Å². The third-order valence-corrected chi connectivity index (χ3v) is 7.17. The van der Waals surface area contributed by atoms with E-state index < -0.39 is 24.1 Å². The minimum atomic E-state index is -1.11. The zero-order chi connectivity index (χ0) is 19.2. The Hall–Kier alpha value is -1.13. The van der Waals surface area contributed by atoms with Gasteiger partial charge in [-0.25, -0.2) is 4.79 Å². The zero-order valence-corrected chi connectivity index (χ0v) is 15.8. The second-order valence-electron chi connectivity index (χ2n) is 7.41. The summed E-state index contributed by atoms with van der Waals surface area (Å²) in [6.07, 6.45) is -0.0716. The lowest BCUT2D eigenvalue weighted by molar-refractivity contribution is -0.163. The molecule has 3 aliphatic heterocycles. The highest BCUT2D eigenvalue weighted by Crippen LogP contribution is 2.51. The van der Waals surface area contributed by atoms with Crippen LogP contribution in [-0.2, 0) is 9.59 Å². The first kappa shape index (κ1) is 19.6. The number of carboxylic acids is 1. The molecule has 3 rings (SSSR count). The van der Waals surface area contributed by atoms with Crippen molar-refractivity contribution in [1.82, 2.24) is 10.2 Å². The van der Waals surface area contributed by atoms with E-state index in [2.05, 4.69) is 5.32 Å². The fraction of sp³-hybridized carbons (Fsp3) is 0.765. The van der Waals surface area contributed by atoms with Gasteiger partial charge in [0, 0.05) is 28.7 Å². The number of nitrogens with zero attached hydrogens (tertiary/aromatic N) is 1. The molecule has 6 N–H and O–H groups in total. The van der Waals surface area contributed by atoms with Gasteiger partial charge in [0.2, 0.25) is 5.91 Å². The number of hydrogen-bond donors (Lipinski definition) is 5. The van der Waals surface area contributed by atoms with Gasteiger partial charge in [0.1, 0.15) is 5.70 Å². The number of fused-ring (bicyclic) bond motifs is 1. The maximum Gasteiger partial charge on any atom is 0.353 e. The Labute approximate surface area is 156 Å². The normalized spacial score (nSPS) is 36.1. The number of rotatable bonds is 7. The van der Waals surface area contributed by atoms with Crippen LogP contribution in [0.4, 0.5) is 0 Å². The number of aliphatic hydroxyl groups is 2. The number of amides is 1. The van der Waals surface area contributed by atoms with Gasteiger partial charge in [-0.05, 0) is 26.3 Å². The van der Waals surface area contributed by atoms with Crippen LogP contribution in [0.15, 0.2) is 10.6 Å². The maximum atomic E-state index is 12.3. The first-order valence-electron chi connectivity index (χ1n) is 9.04. The van der Waals surface area contributed by atoms with E-state index in [9.17, 15) is 24.9 Å². The Balaban J connectivity index is 1.75. The largest absolute Gasteiger partial charge is 0.477 e. The van der Waals surface area contributed by atoms with Gasteiger partial charge in [-0.1, -0.05) is 6.92 Å². The predicted octanol–water partition coefficient (Wildman–Crippen LogP) is -0.686. The molecule has 3 heterocycles. The van der Waals surface area contributed by atoms with Crippen LogP contribution in [0.25, 0.3) is 0 Å². The number of nitrogens with one attached hydrogen (secondary N) is 1. The lowest BCUT2D eigenvalue weighted by Crippen LogP contribution is -2.63. The summed E-state index contributed by atoms with van der Waals surface area (Å²) in [5, 5.41) is 33.0. The van der Waals surface area contributed by atoms with E-state index in [-0.39, 0.29) is 34.9 Å². The Morgan fingerprint density at radius 3 is 2.73 bits per heavy atom. The van der Waals surface area contributed by atoms with Crippen molar-refractivity contribution in [2.45, 2.75) is 56.2 Å². The Morgan fingerprint density at radius 1 is 1.46 bits per heavy atom. The lowest BCUT2D eigenvalue weighted by Gasteiger charge is -2.46. The van der Waals surface area contributed by atoms with Gasteiger partial charge in [-0.3, -0.25) is 4.79 Å². The van der Waals surface area contributed by atoms with Gasteiger partial charge in [0.05, 0.1) is 24.2 Å². The summed E-state index contributed by atoms with van der Waals surface area (Å²) in [7, 11) is 0. The molecular weight excluding hydrogens is 358 g/mol. The molecule has 0 saturated carbocycles. The summed E-state index contributed by atoms with van der Waals surface area (Å²) in [6, 6.07) is -0.338. The van der Waals surface area contributed by atoms with E-state index in [4.69, 9.17) is 5.73 Å². The SMILES string of the molecule is C[C@@H](O)[C@H]1C(=O)N2C(C(=O)O)=C(S[C@@H]3CN[C@H]([C@@H](O)CCN)C3)[C@H](C)[C@H]12. The van der Waals surface area contributed by atoms with Crippen LogP contribution in [0.5, 0.6) is 0 Å². The highest BCUT2D eigenvalue weighted by Gasteiger charge is 2.60. The van der Waals surface area contributed by atoms with Crippen LogP contribution in [0.2, 0.25) is 0 Å². The third kappa shape index (κ3) is 3.16. The van der Waals surface area contributed by atoms with Crippen molar-refractivity contribution in [3.8, 4) is 0 Å². The fourth-order valence-electron chi connectivity index (χ4n) is 4.35. The molecule has 2 saturated heterocycles. The van der Waals surface area contributed by atoms with Gasteiger partial charge >= 0.3 is 5.97 Å². The molecule has 0 radical (unpaired) electrons. The Kier molecular flexibility index (Phi) is 5.64. The number of carboxylic acid groups (broad SMARTS) is 1. The number of carbonyl (C=O) groups is 2. The molecular formula is C17H27N3O5S. The monoisotopic (exact) mass is 385 g/mol. The summed E-state index contributed by atoms with van der Waals surface area (Å²) in [6.45, 7) is 4.57. The second kappa shape index (κ2) is 7.47. The highest BCUT2D eigenvalue weighted by atomic mass is 32.2. The molecule has 0 aromatic heterocycles. The van der Waals surface area contributed by atoms with Crippen molar-refractivity contribution in [1.29, 1.82) is 0 Å². The number of hydrogen-bond acceptors (Lipinski definition) is 7. The van der Waals surface area contributed by atoms with E-state index in [1.54, 1.807) is 6.92 Å². The molecule has 0 aliphatic carbocycles. The molecule has 0 spiro atoms. The van der Waals surface area contributed by atoms with Gasteiger partial charge < -0.3 is 31.3 Å². The van der Waals surface area contributed by atoms with Gasteiger partial charge in [0.25, 0.3) is 0 Å². The molecule has 0 aromatic rings. The molecule has 26 heavy (non-hydrogen) atoms. The lowest BCUT2D eigenvalue weighted by atomic mass is 9.79. The van der Waals surface area contributed by atoms with Crippen LogP contribution in [0, 0.1) is 11.8 Å². The molecule has 7 atom stereocenters. The van der Waals surface area contributed by atoms with Crippen molar-refractivity contribution >= 4 is 23.6 Å². The van der Waals surface area contributed by atoms with E-state index in [1.807, 2.05) is 6.92 Å². The molecule has 0 bridgehead atoms. The maximum absolute atomic E-state index is 12.3. The molecule has 9 heteroatoms. The number of carbonyl (C=O) groups excluding carboxylic acids is 1. The van der Waals surface area contributed by atoms with Crippen LogP contribution in [0.1, 0.15) is 26.7 Å². The zero-order valence-electron chi connectivity index (χ0n) is 15.0. The minimum absolute atomic E-state index is 0.0505. The van der Waals surface area contributed by atoms with E-state index in [1.165, 1.54) is 16.7 Å². The van der Waals surface area contributed by atoms with Gasteiger partial charge in [-0.2, -0.15) is 0 Å². The van der Waals surface area contributed by atoms with Gasteiger partial charge in [-0.15, -0.1) is 11.8 Å². The molecule has 0 unspecified atom stereocenters. The smallest absolute Gasteiger partial charge is 0.353 e. The molecule has 2 fully saturated rings. The molecule has 1 amide bonds.